The van der Waals surface area contributed by atoms with Crippen molar-refractivity contribution in [2.24, 2.45) is 0 Å². The van der Waals surface area contributed by atoms with Crippen molar-refractivity contribution in [2.45, 2.75) is 25.4 Å². The number of likely N-dealkylation sites (N-methyl/N-ethyl adjacent to an activating group) is 3. The molecule has 21 heavy (non-hydrogen) atoms. The lowest BCUT2D eigenvalue weighted by molar-refractivity contribution is 0.0881. The molecule has 1 aromatic carbocycles. The van der Waals surface area contributed by atoms with Gasteiger partial charge in [-0.2, -0.15) is 0 Å². The summed E-state index contributed by atoms with van der Waals surface area (Å²) >= 11 is 6.11. The fourth-order valence-electron chi connectivity index (χ4n) is 3.03. The van der Waals surface area contributed by atoms with Crippen molar-refractivity contribution in [1.29, 1.82) is 0 Å². The minimum Gasteiger partial charge on any atom is -0.312 e. The van der Waals surface area contributed by atoms with E-state index in [9.17, 15) is 4.39 Å². The molecule has 1 fully saturated rings. The molecular formula is C16H25ClFN3. The van der Waals surface area contributed by atoms with Crippen LogP contribution in [0.2, 0.25) is 5.02 Å². The molecule has 1 aromatic rings. The first-order chi connectivity index (χ1) is 10.0. The van der Waals surface area contributed by atoms with Crippen LogP contribution in [0, 0.1) is 5.82 Å². The first-order valence-corrected chi connectivity index (χ1v) is 7.95. The van der Waals surface area contributed by atoms with Crippen molar-refractivity contribution in [3.05, 3.63) is 34.6 Å². The molecule has 1 aliphatic heterocycles. The predicted octanol–water partition coefficient (Wildman–Crippen LogP) is 2.25. The molecule has 1 N–H and O–H groups in total. The number of nitrogens with zero attached hydrogens (tertiary/aromatic N) is 2. The second-order valence-electron chi connectivity index (χ2n) is 5.89. The third-order valence-electron chi connectivity index (χ3n) is 4.30. The summed E-state index contributed by atoms with van der Waals surface area (Å²) in [5.74, 6) is -0.335. The summed E-state index contributed by atoms with van der Waals surface area (Å²) in [6.07, 6.45) is 0.743. The van der Waals surface area contributed by atoms with Gasteiger partial charge in [-0.05, 0) is 38.7 Å². The Hall–Kier alpha value is -0.680. The Balaban J connectivity index is 2.16. The van der Waals surface area contributed by atoms with Gasteiger partial charge in [0.25, 0.3) is 0 Å². The van der Waals surface area contributed by atoms with Gasteiger partial charge >= 0.3 is 0 Å². The third kappa shape index (κ3) is 4.16. The molecule has 5 heteroatoms. The Labute approximate surface area is 132 Å². The zero-order valence-corrected chi connectivity index (χ0v) is 13.8. The molecule has 0 aliphatic carbocycles. The largest absolute Gasteiger partial charge is 0.312 e. The number of rotatable bonds is 5. The average molecular weight is 314 g/mol. The summed E-state index contributed by atoms with van der Waals surface area (Å²) in [5, 5.41) is 3.81. The summed E-state index contributed by atoms with van der Waals surface area (Å²) in [4.78, 5) is 4.74. The Morgan fingerprint density at radius 3 is 2.86 bits per heavy atom. The van der Waals surface area contributed by atoms with E-state index in [2.05, 4.69) is 36.1 Å². The smallest absolute Gasteiger partial charge is 0.142 e. The molecule has 0 aromatic heterocycles. The van der Waals surface area contributed by atoms with Gasteiger partial charge < -0.3 is 10.2 Å². The van der Waals surface area contributed by atoms with Crippen molar-refractivity contribution >= 4 is 11.6 Å². The molecule has 0 spiro atoms. The lowest BCUT2D eigenvalue weighted by atomic mass is 9.96. The number of piperazine rings is 1. The summed E-state index contributed by atoms with van der Waals surface area (Å²) in [6, 6.07) is 5.73. The molecule has 2 unspecified atom stereocenters. The quantitative estimate of drug-likeness (QED) is 0.899. The maximum atomic E-state index is 13.6. The molecule has 0 saturated carbocycles. The Bertz CT molecular complexity index is 469. The van der Waals surface area contributed by atoms with Crippen LogP contribution in [0.4, 0.5) is 4.39 Å². The van der Waals surface area contributed by atoms with E-state index in [4.69, 9.17) is 11.6 Å². The van der Waals surface area contributed by atoms with E-state index in [0.717, 1.165) is 38.2 Å². The van der Waals surface area contributed by atoms with Gasteiger partial charge in [-0.3, -0.25) is 4.90 Å². The van der Waals surface area contributed by atoms with E-state index in [-0.39, 0.29) is 16.9 Å². The second kappa shape index (κ2) is 7.54. The molecule has 118 valence electrons. The highest BCUT2D eigenvalue weighted by molar-refractivity contribution is 6.31. The molecule has 2 atom stereocenters. The molecule has 0 amide bonds. The van der Waals surface area contributed by atoms with Gasteiger partial charge in [0.2, 0.25) is 0 Å². The number of benzene rings is 1. The van der Waals surface area contributed by atoms with Crippen LogP contribution in [0.1, 0.15) is 12.5 Å². The van der Waals surface area contributed by atoms with Gasteiger partial charge in [0.15, 0.2) is 0 Å². The van der Waals surface area contributed by atoms with Gasteiger partial charge in [0, 0.05) is 31.7 Å². The van der Waals surface area contributed by atoms with Crippen LogP contribution in [0.25, 0.3) is 0 Å². The lowest BCUT2D eigenvalue weighted by Gasteiger charge is -2.42. The van der Waals surface area contributed by atoms with Gasteiger partial charge in [0.1, 0.15) is 5.82 Å². The van der Waals surface area contributed by atoms with E-state index >= 15 is 0 Å². The average Bonchev–Trinajstić information content (AvgIpc) is 2.46. The third-order valence-corrected chi connectivity index (χ3v) is 4.72. The molecule has 1 heterocycles. The van der Waals surface area contributed by atoms with Crippen LogP contribution in [0.3, 0.4) is 0 Å². The van der Waals surface area contributed by atoms with Crippen molar-refractivity contribution in [3.63, 3.8) is 0 Å². The fourth-order valence-corrected chi connectivity index (χ4v) is 3.23. The van der Waals surface area contributed by atoms with Crippen LogP contribution in [0.15, 0.2) is 18.2 Å². The maximum absolute atomic E-state index is 13.6. The highest BCUT2D eigenvalue weighted by Gasteiger charge is 2.30. The molecular weight excluding hydrogens is 289 g/mol. The highest BCUT2D eigenvalue weighted by Crippen LogP contribution is 2.23. The van der Waals surface area contributed by atoms with Crippen molar-refractivity contribution < 1.29 is 4.39 Å². The molecule has 0 radical (unpaired) electrons. The summed E-state index contributed by atoms with van der Waals surface area (Å²) in [5.41, 5.74) is 0.879. The monoisotopic (exact) mass is 313 g/mol. The van der Waals surface area contributed by atoms with Gasteiger partial charge in [-0.15, -0.1) is 0 Å². The highest BCUT2D eigenvalue weighted by atomic mass is 35.5. The first kappa shape index (κ1) is 16.7. The van der Waals surface area contributed by atoms with E-state index in [1.54, 1.807) is 6.07 Å². The second-order valence-corrected chi connectivity index (χ2v) is 6.27. The van der Waals surface area contributed by atoms with Crippen LogP contribution < -0.4 is 5.32 Å². The van der Waals surface area contributed by atoms with Gasteiger partial charge in [-0.1, -0.05) is 30.7 Å². The molecule has 3 nitrogen and oxygen atoms in total. The molecule has 2 rings (SSSR count). The summed E-state index contributed by atoms with van der Waals surface area (Å²) in [6.45, 7) is 6.16. The zero-order valence-electron chi connectivity index (χ0n) is 13.1. The van der Waals surface area contributed by atoms with E-state index in [0.29, 0.717) is 6.04 Å². The van der Waals surface area contributed by atoms with E-state index in [1.807, 2.05) is 6.07 Å². The summed E-state index contributed by atoms with van der Waals surface area (Å²) in [7, 11) is 4.31. The molecule has 1 saturated heterocycles. The van der Waals surface area contributed by atoms with Gasteiger partial charge in [-0.25, -0.2) is 4.39 Å². The molecule has 0 bridgehead atoms. The first-order valence-electron chi connectivity index (χ1n) is 7.58. The minimum absolute atomic E-state index is 0.257. The number of halogens is 2. The Morgan fingerprint density at radius 1 is 1.38 bits per heavy atom. The Kier molecular flexibility index (Phi) is 5.99. The number of nitrogens with one attached hydrogen (secondary N) is 1. The van der Waals surface area contributed by atoms with Crippen molar-refractivity contribution in [2.75, 3.05) is 40.3 Å². The normalized spacial score (nSPS) is 22.4. The predicted molar refractivity (Wildman–Crippen MR) is 86.5 cm³/mol. The van der Waals surface area contributed by atoms with Crippen LogP contribution in [-0.2, 0) is 6.42 Å². The standard InChI is InChI=1S/C16H25ClFN3/c1-4-19-14(15-11-20(2)8-9-21(15)3)10-12-6-5-7-13(18)16(12)17/h5-7,14-15,19H,4,8-11H2,1-3H3. The number of hydrogen-bond acceptors (Lipinski definition) is 3. The Morgan fingerprint density at radius 2 is 2.14 bits per heavy atom. The van der Waals surface area contributed by atoms with Gasteiger partial charge in [0.05, 0.1) is 5.02 Å². The lowest BCUT2D eigenvalue weighted by Crippen LogP contribution is -2.59. The van der Waals surface area contributed by atoms with E-state index in [1.165, 1.54) is 6.07 Å². The topological polar surface area (TPSA) is 18.5 Å². The van der Waals surface area contributed by atoms with Crippen molar-refractivity contribution in [3.8, 4) is 0 Å². The van der Waals surface area contributed by atoms with E-state index < -0.39 is 0 Å². The fraction of sp³-hybridized carbons (Fsp3) is 0.625. The van der Waals surface area contributed by atoms with Crippen molar-refractivity contribution in [1.82, 2.24) is 15.1 Å². The number of hydrogen-bond donors (Lipinski definition) is 1. The SMILES string of the molecule is CCNC(Cc1cccc(F)c1Cl)C1CN(C)CCN1C. The van der Waals surface area contributed by atoms with Crippen LogP contribution in [0.5, 0.6) is 0 Å². The molecule has 1 aliphatic rings. The zero-order chi connectivity index (χ0) is 15.4. The minimum atomic E-state index is -0.335. The van der Waals surface area contributed by atoms with Crippen LogP contribution >= 0.6 is 11.6 Å². The maximum Gasteiger partial charge on any atom is 0.142 e. The summed E-state index contributed by atoms with van der Waals surface area (Å²) < 4.78 is 13.6. The van der Waals surface area contributed by atoms with Crippen LogP contribution in [-0.4, -0.2) is 62.2 Å².